The summed E-state index contributed by atoms with van der Waals surface area (Å²) in [6.45, 7) is 47.4. The van der Waals surface area contributed by atoms with Crippen LogP contribution in [0.1, 0.15) is 331 Å². The molecule has 0 aromatic carbocycles. The first-order chi connectivity index (χ1) is 46.9. The van der Waals surface area contributed by atoms with Crippen LogP contribution in [0.4, 0.5) is 0 Å². The first kappa shape index (κ1) is 90.0. The summed E-state index contributed by atoms with van der Waals surface area (Å²) in [7, 11) is 7.09. The Hall–Kier alpha value is -0.360. The Morgan fingerprint density at radius 1 is 0.347 bits per heavy atom. The molecule has 9 heteroatoms. The molecule has 0 heterocycles. The van der Waals surface area contributed by atoms with Gasteiger partial charge in [-0.05, 0) is 328 Å². The summed E-state index contributed by atoms with van der Waals surface area (Å²) >= 11 is 0. The van der Waals surface area contributed by atoms with Crippen LogP contribution in [0.25, 0.3) is 0 Å². The molecule has 0 aromatic rings. The molecule has 15 fully saturated rings. The van der Waals surface area contributed by atoms with Gasteiger partial charge in [0.2, 0.25) is 0 Å². The van der Waals surface area contributed by atoms with Crippen LogP contribution in [0.2, 0.25) is 0 Å². The van der Waals surface area contributed by atoms with E-state index in [1.807, 2.05) is 14.0 Å². The topological polar surface area (TPSA) is 83.1 Å². The molecule has 0 N–H and O–H groups in total. The number of hydrogen-bond acceptors (Lipinski definition) is 9. The van der Waals surface area contributed by atoms with Crippen molar-refractivity contribution in [2.75, 3.05) is 74.7 Å². The van der Waals surface area contributed by atoms with Crippen molar-refractivity contribution in [2.45, 2.75) is 373 Å². The van der Waals surface area contributed by atoms with Crippen molar-refractivity contribution in [2.24, 2.45) is 124 Å². The minimum Gasteiger partial charge on any atom is -0.381 e. The molecule has 15 aliphatic rings. The summed E-state index contributed by atoms with van der Waals surface area (Å²) in [5.74, 6) is 18.7. The second-order valence-corrected chi connectivity index (χ2v) is 35.9. The van der Waals surface area contributed by atoms with E-state index in [1.165, 1.54) is 167 Å². The highest BCUT2D eigenvalue weighted by Gasteiger charge is 2.52. The Morgan fingerprint density at radius 3 is 1.14 bits per heavy atom. The van der Waals surface area contributed by atoms with Crippen LogP contribution in [0.5, 0.6) is 0 Å². The van der Waals surface area contributed by atoms with E-state index in [-0.39, 0.29) is 0 Å². The highest BCUT2D eigenvalue weighted by molar-refractivity contribution is 5.02. The second kappa shape index (κ2) is 49.5. The number of methoxy groups -OCH3 is 4. The van der Waals surface area contributed by atoms with Crippen LogP contribution in [0, 0.1) is 124 Å². The van der Waals surface area contributed by atoms with Gasteiger partial charge in [-0.15, -0.1) is 0 Å². The normalized spacial score (nSPS) is 34.4. The van der Waals surface area contributed by atoms with E-state index in [4.69, 9.17) is 42.6 Å². The maximum Gasteiger partial charge on any atom is 0.0631 e. The average molecular weight is 1390 g/mol. The van der Waals surface area contributed by atoms with Gasteiger partial charge in [0.1, 0.15) is 0 Å². The van der Waals surface area contributed by atoms with Crippen LogP contribution in [-0.2, 0) is 42.6 Å². The van der Waals surface area contributed by atoms with E-state index in [0.29, 0.717) is 71.8 Å². The van der Waals surface area contributed by atoms with Crippen LogP contribution < -0.4 is 0 Å². The van der Waals surface area contributed by atoms with Crippen LogP contribution in [-0.4, -0.2) is 117 Å². The molecule has 12 bridgehead atoms. The number of ether oxygens (including phenoxy) is 9. The Morgan fingerprint density at radius 2 is 0.786 bits per heavy atom. The van der Waals surface area contributed by atoms with Crippen molar-refractivity contribution < 1.29 is 42.6 Å². The third-order valence-corrected chi connectivity index (χ3v) is 27.9. The van der Waals surface area contributed by atoms with Crippen LogP contribution in [0.3, 0.4) is 0 Å². The molecule has 0 spiro atoms. The molecular formula is C89H172O9. The van der Waals surface area contributed by atoms with Gasteiger partial charge >= 0.3 is 0 Å². The summed E-state index contributed by atoms with van der Waals surface area (Å²) in [6, 6.07) is 0. The second-order valence-electron chi connectivity index (χ2n) is 35.9. The Bertz CT molecular complexity index is 1810. The molecule has 0 amide bonds. The SMILES string of the molecule is CCC(C)C(C)OC.CCOC(C)C(C)C.CCOC1C2CC3CC(C2)CC1C3.CCOC1CCCC(C2CCCCC2)C1.CCOCC12CC3CC(CC(C3)C1)C2.CCOCC1C2CC3CC(C2)CC1C3.COC(C)C(C)C.COC(C)C(C)C(C)C.COC(C)C1CCCCC1. The number of rotatable bonds is 24. The van der Waals surface area contributed by atoms with Gasteiger partial charge in [0.25, 0.3) is 0 Å². The van der Waals surface area contributed by atoms with Crippen molar-refractivity contribution >= 4 is 0 Å². The van der Waals surface area contributed by atoms with Gasteiger partial charge < -0.3 is 42.6 Å². The van der Waals surface area contributed by atoms with Gasteiger partial charge in [0.05, 0.1) is 49.3 Å². The van der Waals surface area contributed by atoms with Crippen molar-refractivity contribution in [3.05, 3.63) is 0 Å². The largest absolute Gasteiger partial charge is 0.381 e. The number of hydrogen-bond donors (Lipinski definition) is 0. The summed E-state index contributed by atoms with van der Waals surface area (Å²) in [5, 5.41) is 0. The molecule has 0 aromatic heterocycles. The summed E-state index contributed by atoms with van der Waals surface area (Å²) in [6.07, 6.45) is 48.9. The van der Waals surface area contributed by atoms with Gasteiger partial charge in [0.15, 0.2) is 0 Å². The molecule has 9 atom stereocenters. The van der Waals surface area contributed by atoms with Crippen LogP contribution >= 0.6 is 0 Å². The maximum absolute atomic E-state index is 5.92. The van der Waals surface area contributed by atoms with E-state index < -0.39 is 0 Å². The molecule has 15 rings (SSSR count). The first-order valence-corrected chi connectivity index (χ1v) is 43.1. The molecule has 0 radical (unpaired) electrons. The maximum atomic E-state index is 5.92. The van der Waals surface area contributed by atoms with E-state index in [0.717, 1.165) is 141 Å². The zero-order valence-electron chi connectivity index (χ0n) is 69.6. The monoisotopic (exact) mass is 1390 g/mol. The first-order valence-electron chi connectivity index (χ1n) is 43.1. The zero-order chi connectivity index (χ0) is 72.3. The van der Waals surface area contributed by atoms with E-state index in [1.54, 1.807) is 53.4 Å². The van der Waals surface area contributed by atoms with E-state index in [2.05, 4.69) is 125 Å². The third-order valence-electron chi connectivity index (χ3n) is 27.9. The standard InChI is InChI=1S/C14H26O.2C13H22O.C12H20O.C9H18O.C8H18O.2C7H16O.C6H14O/c1-2-15-14-10-6-9-13(11-14)12-7-4-3-5-8-12;1-2-14-9-13-6-10-3-11(7-13)5-12(4-10)8-13;1-2-14-8-13-11-4-9-3-10(6-11)7-12(13)5-9;1-2-13-12-10-4-8-3-9(6-10)7-11(12)5-8;1-8(10-2)9-6-4-3-5-7-9;1-6(2)7(3)8(4)9-5;1-5-6(2)7(3)8-4;1-5-8-7(4)6(2)3;1-5(2)6(3)7-4/h12-14H,2-11H2,1H3;10-12H,2-9H2,1H3;9-13H,2-8H2,1H3;8-12H,2-7H2,1H3;8-9H,3-7H2,1-2H3;6-8H,1-5H3;2*6-7H,5H2,1-4H3;5-6H,1-4H3. The van der Waals surface area contributed by atoms with Gasteiger partial charge in [-0.3, -0.25) is 0 Å². The Labute approximate surface area is 611 Å². The lowest BCUT2D eigenvalue weighted by atomic mass is 9.50. The van der Waals surface area contributed by atoms with Crippen molar-refractivity contribution in [1.29, 1.82) is 0 Å². The predicted octanol–water partition coefficient (Wildman–Crippen LogP) is 24.1. The molecule has 0 saturated heterocycles. The minimum atomic E-state index is 0.394. The summed E-state index contributed by atoms with van der Waals surface area (Å²) < 4.78 is 49.0. The smallest absolute Gasteiger partial charge is 0.0631 e. The third kappa shape index (κ3) is 31.6. The van der Waals surface area contributed by atoms with Gasteiger partial charge in [-0.2, -0.15) is 0 Å². The lowest BCUT2D eigenvalue weighted by Gasteiger charge is -2.56. The van der Waals surface area contributed by atoms with Gasteiger partial charge in [-0.1, -0.05) is 127 Å². The quantitative estimate of drug-likeness (QED) is 0.0938. The lowest BCUT2D eigenvalue weighted by Crippen LogP contribution is -2.49. The summed E-state index contributed by atoms with van der Waals surface area (Å²) in [5.41, 5.74) is 0.630. The summed E-state index contributed by atoms with van der Waals surface area (Å²) in [4.78, 5) is 0. The Balaban J connectivity index is 0.000000237. The lowest BCUT2D eigenvalue weighted by molar-refractivity contribution is -0.123. The fourth-order valence-corrected chi connectivity index (χ4v) is 21.1. The van der Waals surface area contributed by atoms with Gasteiger partial charge in [-0.25, -0.2) is 0 Å². The van der Waals surface area contributed by atoms with Crippen molar-refractivity contribution in [3.8, 4) is 0 Å². The molecule has 15 aliphatic carbocycles. The average Bonchev–Trinajstić information content (AvgIpc) is 0.783. The highest BCUT2D eigenvalue weighted by atomic mass is 16.5. The molecule has 98 heavy (non-hydrogen) atoms. The van der Waals surface area contributed by atoms with E-state index in [9.17, 15) is 0 Å². The van der Waals surface area contributed by atoms with Crippen LogP contribution in [0.15, 0.2) is 0 Å². The van der Waals surface area contributed by atoms with Crippen molar-refractivity contribution in [3.63, 3.8) is 0 Å². The van der Waals surface area contributed by atoms with E-state index >= 15 is 0 Å². The molecule has 0 aliphatic heterocycles. The predicted molar refractivity (Wildman–Crippen MR) is 417 cm³/mol. The Kier molecular flexibility index (Phi) is 45.5. The molecule has 9 unspecified atom stereocenters. The molecule has 15 saturated carbocycles. The van der Waals surface area contributed by atoms with Crippen molar-refractivity contribution in [1.82, 2.24) is 0 Å². The fraction of sp³-hybridized carbons (Fsp3) is 1.00. The van der Waals surface area contributed by atoms with Gasteiger partial charge in [0, 0.05) is 68.1 Å². The molecular weight excluding hydrogens is 1210 g/mol. The highest BCUT2D eigenvalue weighted by Crippen LogP contribution is 2.61. The zero-order valence-corrected chi connectivity index (χ0v) is 69.6. The minimum absolute atomic E-state index is 0.394. The molecule has 9 nitrogen and oxygen atoms in total. The molecule has 582 valence electrons. The fourth-order valence-electron chi connectivity index (χ4n) is 21.1.